The minimum absolute atomic E-state index is 0.252. The minimum atomic E-state index is -0.353. The third-order valence-electron chi connectivity index (χ3n) is 4.76. The van der Waals surface area contributed by atoms with Crippen LogP contribution in [0.4, 0.5) is 5.69 Å². The fourth-order valence-electron chi connectivity index (χ4n) is 3.32. The fourth-order valence-corrected chi connectivity index (χ4v) is 3.32. The summed E-state index contributed by atoms with van der Waals surface area (Å²) in [5.74, 6) is -0.353. The van der Waals surface area contributed by atoms with Crippen molar-refractivity contribution < 1.29 is 14.3 Å². The largest absolute Gasteiger partial charge is 0.465 e. The Morgan fingerprint density at radius 2 is 2.07 bits per heavy atom. The van der Waals surface area contributed by atoms with Crippen LogP contribution in [-0.2, 0) is 16.0 Å². The van der Waals surface area contributed by atoms with Crippen molar-refractivity contribution in [1.82, 2.24) is 15.0 Å². The van der Waals surface area contributed by atoms with Gasteiger partial charge in [0.15, 0.2) is 6.23 Å². The molecule has 1 aliphatic rings. The van der Waals surface area contributed by atoms with Gasteiger partial charge in [-0.25, -0.2) is 9.48 Å². The number of hydrogen-bond donors (Lipinski definition) is 0. The SMILES string of the molecule is COC(=O)c1cccc(Cn2cc([C@H]3OCCN3c3ccc(C)cc3)nn2)c1. The number of carbonyl (C=O) groups excluding carboxylic acids is 1. The van der Waals surface area contributed by atoms with E-state index < -0.39 is 0 Å². The zero-order chi connectivity index (χ0) is 19.5. The van der Waals surface area contributed by atoms with Crippen molar-refractivity contribution in [1.29, 1.82) is 0 Å². The second kappa shape index (κ2) is 7.82. The minimum Gasteiger partial charge on any atom is -0.465 e. The maximum Gasteiger partial charge on any atom is 0.337 e. The number of carbonyl (C=O) groups is 1. The second-order valence-electron chi connectivity index (χ2n) is 6.79. The number of rotatable bonds is 5. The topological polar surface area (TPSA) is 69.5 Å². The average Bonchev–Trinajstić information content (AvgIpc) is 3.37. The molecule has 0 bridgehead atoms. The van der Waals surface area contributed by atoms with E-state index in [4.69, 9.17) is 9.47 Å². The van der Waals surface area contributed by atoms with E-state index in [0.717, 1.165) is 23.5 Å². The van der Waals surface area contributed by atoms with Crippen molar-refractivity contribution in [3.63, 3.8) is 0 Å². The molecule has 3 aromatic rings. The Balaban J connectivity index is 1.51. The standard InChI is InChI=1S/C21H22N4O3/c1-15-6-8-18(9-7-15)25-10-11-28-20(25)19-14-24(23-22-19)13-16-4-3-5-17(12-16)21(26)27-2/h3-9,12,14,20H,10-11,13H2,1-2H3/t20-/m1/s1. The predicted molar refractivity (Wildman–Crippen MR) is 104 cm³/mol. The molecular formula is C21H22N4O3. The summed E-state index contributed by atoms with van der Waals surface area (Å²) in [7, 11) is 1.38. The van der Waals surface area contributed by atoms with E-state index in [9.17, 15) is 4.79 Å². The zero-order valence-corrected chi connectivity index (χ0v) is 15.9. The van der Waals surface area contributed by atoms with E-state index in [1.807, 2.05) is 18.3 Å². The Morgan fingerprint density at radius 3 is 2.86 bits per heavy atom. The lowest BCUT2D eigenvalue weighted by molar-refractivity contribution is 0.0600. The Labute approximate surface area is 163 Å². The molecule has 2 heterocycles. The summed E-state index contributed by atoms with van der Waals surface area (Å²) >= 11 is 0. The molecule has 144 valence electrons. The van der Waals surface area contributed by atoms with Gasteiger partial charge in [0.1, 0.15) is 5.69 Å². The summed E-state index contributed by atoms with van der Waals surface area (Å²) in [6, 6.07) is 15.7. The number of anilines is 1. The first-order chi connectivity index (χ1) is 13.6. The van der Waals surface area contributed by atoms with Crippen molar-refractivity contribution in [2.24, 2.45) is 0 Å². The highest BCUT2D eigenvalue weighted by atomic mass is 16.5. The van der Waals surface area contributed by atoms with Gasteiger partial charge >= 0.3 is 5.97 Å². The summed E-state index contributed by atoms with van der Waals surface area (Å²) in [6.45, 7) is 4.03. The average molecular weight is 378 g/mol. The lowest BCUT2D eigenvalue weighted by atomic mass is 10.1. The lowest BCUT2D eigenvalue weighted by Gasteiger charge is -2.23. The van der Waals surface area contributed by atoms with Crippen LogP contribution in [0, 0.1) is 6.92 Å². The Morgan fingerprint density at radius 1 is 1.25 bits per heavy atom. The molecule has 0 N–H and O–H groups in total. The summed E-state index contributed by atoms with van der Waals surface area (Å²) in [6.07, 6.45) is 1.64. The van der Waals surface area contributed by atoms with E-state index in [2.05, 4.69) is 46.4 Å². The first kappa shape index (κ1) is 18.2. The van der Waals surface area contributed by atoms with Gasteiger partial charge in [0.05, 0.1) is 32.0 Å². The summed E-state index contributed by atoms with van der Waals surface area (Å²) in [4.78, 5) is 13.9. The van der Waals surface area contributed by atoms with Gasteiger partial charge in [-0.15, -0.1) is 5.10 Å². The van der Waals surface area contributed by atoms with Crippen molar-refractivity contribution in [2.75, 3.05) is 25.2 Å². The first-order valence-electron chi connectivity index (χ1n) is 9.16. The van der Waals surface area contributed by atoms with Crippen LogP contribution in [0.2, 0.25) is 0 Å². The molecule has 0 radical (unpaired) electrons. The number of methoxy groups -OCH3 is 1. The molecule has 0 aliphatic carbocycles. The third-order valence-corrected chi connectivity index (χ3v) is 4.76. The van der Waals surface area contributed by atoms with Gasteiger partial charge in [-0.3, -0.25) is 0 Å². The van der Waals surface area contributed by atoms with Crippen LogP contribution in [0.15, 0.2) is 54.7 Å². The highest BCUT2D eigenvalue weighted by Crippen LogP contribution is 2.31. The molecular weight excluding hydrogens is 356 g/mol. The van der Waals surface area contributed by atoms with Crippen LogP contribution < -0.4 is 4.90 Å². The smallest absolute Gasteiger partial charge is 0.337 e. The molecule has 1 aliphatic heterocycles. The Hall–Kier alpha value is -3.19. The maximum atomic E-state index is 11.7. The van der Waals surface area contributed by atoms with Crippen molar-refractivity contribution in [2.45, 2.75) is 19.7 Å². The van der Waals surface area contributed by atoms with E-state index in [1.165, 1.54) is 12.7 Å². The first-order valence-corrected chi connectivity index (χ1v) is 9.16. The molecule has 0 amide bonds. The van der Waals surface area contributed by atoms with Crippen LogP contribution >= 0.6 is 0 Å². The van der Waals surface area contributed by atoms with Crippen LogP contribution in [-0.4, -0.2) is 41.2 Å². The van der Waals surface area contributed by atoms with Gasteiger partial charge < -0.3 is 14.4 Å². The van der Waals surface area contributed by atoms with Gasteiger partial charge in [-0.05, 0) is 36.8 Å². The van der Waals surface area contributed by atoms with Crippen LogP contribution in [0.3, 0.4) is 0 Å². The lowest BCUT2D eigenvalue weighted by Crippen LogP contribution is -2.23. The highest BCUT2D eigenvalue weighted by Gasteiger charge is 2.29. The van der Waals surface area contributed by atoms with Gasteiger partial charge in [0, 0.05) is 12.2 Å². The molecule has 1 aromatic heterocycles. The molecule has 28 heavy (non-hydrogen) atoms. The van der Waals surface area contributed by atoms with Crippen molar-refractivity contribution in [3.8, 4) is 0 Å². The third kappa shape index (κ3) is 3.75. The highest BCUT2D eigenvalue weighted by molar-refractivity contribution is 5.89. The van der Waals surface area contributed by atoms with Crippen molar-refractivity contribution >= 4 is 11.7 Å². The quantitative estimate of drug-likeness (QED) is 0.636. The van der Waals surface area contributed by atoms with Gasteiger partial charge in [-0.2, -0.15) is 0 Å². The van der Waals surface area contributed by atoms with Gasteiger partial charge in [-0.1, -0.05) is 35.0 Å². The monoisotopic (exact) mass is 378 g/mol. The summed E-state index contributed by atoms with van der Waals surface area (Å²) in [5.41, 5.74) is 4.56. The number of benzene rings is 2. The molecule has 0 spiro atoms. The van der Waals surface area contributed by atoms with Crippen molar-refractivity contribution in [3.05, 3.63) is 77.1 Å². The molecule has 7 heteroatoms. The van der Waals surface area contributed by atoms with E-state index in [0.29, 0.717) is 18.7 Å². The maximum absolute atomic E-state index is 11.7. The molecule has 1 fully saturated rings. The predicted octanol–water partition coefficient (Wildman–Crippen LogP) is 2.96. The fraction of sp³-hybridized carbons (Fsp3) is 0.286. The van der Waals surface area contributed by atoms with Gasteiger partial charge in [0.2, 0.25) is 0 Å². The Bertz CT molecular complexity index is 968. The zero-order valence-electron chi connectivity index (χ0n) is 15.9. The summed E-state index contributed by atoms with van der Waals surface area (Å²) in [5, 5.41) is 8.55. The van der Waals surface area contributed by atoms with E-state index in [1.54, 1.807) is 16.8 Å². The number of hydrogen-bond acceptors (Lipinski definition) is 6. The van der Waals surface area contributed by atoms with Crippen LogP contribution in [0.25, 0.3) is 0 Å². The normalized spacial score (nSPS) is 16.4. The molecule has 0 unspecified atom stereocenters. The number of nitrogens with zero attached hydrogens (tertiary/aromatic N) is 4. The molecule has 0 saturated carbocycles. The van der Waals surface area contributed by atoms with Crippen LogP contribution in [0.5, 0.6) is 0 Å². The molecule has 2 aromatic carbocycles. The Kier molecular flexibility index (Phi) is 5.08. The second-order valence-corrected chi connectivity index (χ2v) is 6.79. The van der Waals surface area contributed by atoms with E-state index in [-0.39, 0.29) is 12.2 Å². The number of aromatic nitrogens is 3. The molecule has 4 rings (SSSR count). The molecule has 7 nitrogen and oxygen atoms in total. The van der Waals surface area contributed by atoms with Gasteiger partial charge in [0.25, 0.3) is 0 Å². The molecule has 1 saturated heterocycles. The summed E-state index contributed by atoms with van der Waals surface area (Å²) < 4.78 is 12.4. The number of aryl methyl sites for hydroxylation is 1. The molecule has 1 atom stereocenters. The van der Waals surface area contributed by atoms with E-state index >= 15 is 0 Å². The van der Waals surface area contributed by atoms with Crippen LogP contribution in [0.1, 0.15) is 33.4 Å². The number of ether oxygens (including phenoxy) is 2. The number of esters is 1.